The maximum Gasteiger partial charge on any atom is 0.254 e. The molecule has 32 heavy (non-hydrogen) atoms. The largest absolute Gasteiger partial charge is 0.353 e. The molecule has 1 saturated heterocycles. The molecule has 166 valence electrons. The molecule has 3 aromatic rings. The monoisotopic (exact) mass is 431 g/mol. The van der Waals surface area contributed by atoms with Gasteiger partial charge in [0, 0.05) is 49.2 Å². The second kappa shape index (κ2) is 8.57. The van der Waals surface area contributed by atoms with E-state index in [4.69, 9.17) is 0 Å². The second-order valence-corrected chi connectivity index (χ2v) is 8.80. The third-order valence-corrected chi connectivity index (χ3v) is 6.34. The van der Waals surface area contributed by atoms with Gasteiger partial charge in [-0.2, -0.15) is 0 Å². The van der Waals surface area contributed by atoms with Gasteiger partial charge in [-0.25, -0.2) is 9.97 Å². The van der Waals surface area contributed by atoms with Crippen molar-refractivity contribution in [2.45, 2.75) is 33.1 Å². The van der Waals surface area contributed by atoms with Gasteiger partial charge in [0.2, 0.25) is 5.91 Å². The predicted octanol–water partition coefficient (Wildman–Crippen LogP) is 3.08. The Balaban J connectivity index is 1.42. The highest BCUT2D eigenvalue weighted by Gasteiger charge is 2.35. The number of rotatable bonds is 4. The number of nitrogens with zero attached hydrogens (tertiary/aromatic N) is 4. The van der Waals surface area contributed by atoms with Crippen LogP contribution in [0.1, 0.15) is 30.7 Å². The van der Waals surface area contributed by atoms with Crippen LogP contribution in [0.3, 0.4) is 0 Å². The third kappa shape index (κ3) is 4.15. The van der Waals surface area contributed by atoms with Crippen molar-refractivity contribution in [3.8, 4) is 11.4 Å². The topological polar surface area (TPSA) is 82.2 Å². The Kier molecular flexibility index (Phi) is 5.82. The molecule has 0 aliphatic carbocycles. The van der Waals surface area contributed by atoms with Gasteiger partial charge in [-0.3, -0.25) is 9.59 Å². The summed E-state index contributed by atoms with van der Waals surface area (Å²) in [6, 6.07) is 13.8. The number of anilines is 1. The molecule has 0 unspecified atom stereocenters. The molecule has 2 aromatic heterocycles. The maximum absolute atomic E-state index is 13.2. The Morgan fingerprint density at radius 1 is 1.00 bits per heavy atom. The number of hydrogen-bond acceptors (Lipinski definition) is 5. The van der Waals surface area contributed by atoms with E-state index in [0.717, 1.165) is 30.0 Å². The van der Waals surface area contributed by atoms with Gasteiger partial charge in [-0.1, -0.05) is 30.3 Å². The Labute approximate surface area is 188 Å². The lowest BCUT2D eigenvalue weighted by Gasteiger charge is -2.39. The van der Waals surface area contributed by atoms with Gasteiger partial charge >= 0.3 is 0 Å². The Morgan fingerprint density at radius 2 is 1.69 bits per heavy atom. The predicted molar refractivity (Wildman–Crippen MR) is 126 cm³/mol. The molecular weight excluding hydrogens is 402 g/mol. The molecule has 3 heterocycles. The summed E-state index contributed by atoms with van der Waals surface area (Å²) < 4.78 is 0. The van der Waals surface area contributed by atoms with E-state index < -0.39 is 5.41 Å². The quantitative estimate of drug-likeness (QED) is 0.687. The Morgan fingerprint density at radius 3 is 2.28 bits per heavy atom. The van der Waals surface area contributed by atoms with Crippen molar-refractivity contribution in [1.82, 2.24) is 19.9 Å². The van der Waals surface area contributed by atoms with Crippen LogP contribution in [0, 0.1) is 13.8 Å². The zero-order valence-corrected chi connectivity index (χ0v) is 19.1. The van der Waals surface area contributed by atoms with Crippen LogP contribution in [0.25, 0.3) is 11.4 Å². The van der Waals surface area contributed by atoms with Crippen LogP contribution >= 0.6 is 0 Å². The fraction of sp³-hybridized carbons (Fsp3) is 0.360. The van der Waals surface area contributed by atoms with Crippen molar-refractivity contribution in [3.63, 3.8) is 0 Å². The van der Waals surface area contributed by atoms with Gasteiger partial charge in [0.05, 0.1) is 5.41 Å². The zero-order chi connectivity index (χ0) is 22.9. The average molecular weight is 432 g/mol. The van der Waals surface area contributed by atoms with Crippen molar-refractivity contribution in [1.29, 1.82) is 0 Å². The average Bonchev–Trinajstić information content (AvgIpc) is 2.82. The smallest absolute Gasteiger partial charge is 0.254 e. The van der Waals surface area contributed by atoms with Crippen LogP contribution in [0.2, 0.25) is 0 Å². The van der Waals surface area contributed by atoms with Gasteiger partial charge in [0.25, 0.3) is 5.56 Å². The molecule has 0 radical (unpaired) electrons. The van der Waals surface area contributed by atoms with Gasteiger partial charge in [-0.15, -0.1) is 0 Å². The van der Waals surface area contributed by atoms with Crippen molar-refractivity contribution in [2.75, 3.05) is 31.1 Å². The van der Waals surface area contributed by atoms with Gasteiger partial charge < -0.3 is 14.8 Å². The summed E-state index contributed by atoms with van der Waals surface area (Å²) in [5.41, 5.74) is 2.46. The summed E-state index contributed by atoms with van der Waals surface area (Å²) in [6.07, 6.45) is 1.73. The van der Waals surface area contributed by atoms with E-state index in [-0.39, 0.29) is 11.5 Å². The maximum atomic E-state index is 13.2. The lowest BCUT2D eigenvalue weighted by Crippen LogP contribution is -2.53. The molecule has 1 aromatic carbocycles. The van der Waals surface area contributed by atoms with E-state index in [1.54, 1.807) is 13.1 Å². The fourth-order valence-corrected chi connectivity index (χ4v) is 4.01. The Bertz CT molecular complexity index is 1160. The first-order chi connectivity index (χ1) is 15.3. The van der Waals surface area contributed by atoms with E-state index in [2.05, 4.69) is 19.9 Å². The molecule has 0 spiro atoms. The zero-order valence-electron chi connectivity index (χ0n) is 19.1. The number of aromatic nitrogens is 3. The minimum atomic E-state index is -0.556. The normalized spacial score (nSPS) is 14.5. The SMILES string of the molecule is Cc1nc(-c2ccc(N3CCN(C(=O)C(C)(C)c4ccccc4)CC3)nc2)[nH]c(=O)c1C. The number of carbonyl (C=O) groups excluding carboxylic acids is 1. The van der Waals surface area contributed by atoms with Gasteiger partial charge in [-0.05, 0) is 45.4 Å². The van der Waals surface area contributed by atoms with Crippen LogP contribution in [0.4, 0.5) is 5.82 Å². The lowest BCUT2D eigenvalue weighted by molar-refractivity contribution is -0.136. The Hall–Kier alpha value is -3.48. The number of benzene rings is 1. The van der Waals surface area contributed by atoms with E-state index in [1.807, 2.05) is 68.1 Å². The highest BCUT2D eigenvalue weighted by molar-refractivity contribution is 5.87. The summed E-state index contributed by atoms with van der Waals surface area (Å²) in [6.45, 7) is 10.3. The van der Waals surface area contributed by atoms with Gasteiger partial charge in [0.1, 0.15) is 11.6 Å². The van der Waals surface area contributed by atoms with Crippen molar-refractivity contribution < 1.29 is 4.79 Å². The number of piperazine rings is 1. The number of aryl methyl sites for hydroxylation is 1. The molecule has 1 aliphatic heterocycles. The van der Waals surface area contributed by atoms with E-state index in [1.165, 1.54) is 0 Å². The van der Waals surface area contributed by atoms with Gasteiger partial charge in [0.15, 0.2) is 0 Å². The van der Waals surface area contributed by atoms with Crippen LogP contribution < -0.4 is 10.5 Å². The van der Waals surface area contributed by atoms with Crippen LogP contribution in [-0.2, 0) is 10.2 Å². The first-order valence-electron chi connectivity index (χ1n) is 10.9. The van der Waals surface area contributed by atoms with Crippen LogP contribution in [-0.4, -0.2) is 51.9 Å². The molecular formula is C25H29N5O2. The van der Waals surface area contributed by atoms with Crippen molar-refractivity contribution in [3.05, 3.63) is 75.8 Å². The lowest BCUT2D eigenvalue weighted by atomic mass is 9.83. The molecule has 4 rings (SSSR count). The molecule has 1 N–H and O–H groups in total. The first-order valence-corrected chi connectivity index (χ1v) is 10.9. The molecule has 1 fully saturated rings. The summed E-state index contributed by atoms with van der Waals surface area (Å²) in [5, 5.41) is 0. The highest BCUT2D eigenvalue weighted by atomic mass is 16.2. The molecule has 0 atom stereocenters. The number of aromatic amines is 1. The standard InChI is InChI=1S/C25H29N5O2/c1-17-18(2)27-22(28-23(17)31)19-10-11-21(26-16-19)29-12-14-30(15-13-29)24(32)25(3,4)20-8-6-5-7-9-20/h5-11,16H,12-15H2,1-4H3,(H,27,28,31). The molecule has 7 nitrogen and oxygen atoms in total. The molecule has 1 aliphatic rings. The fourth-order valence-electron chi connectivity index (χ4n) is 4.01. The summed E-state index contributed by atoms with van der Waals surface area (Å²) in [5.74, 6) is 1.53. The number of hydrogen-bond donors (Lipinski definition) is 1. The summed E-state index contributed by atoms with van der Waals surface area (Å²) >= 11 is 0. The molecule has 7 heteroatoms. The van der Waals surface area contributed by atoms with E-state index >= 15 is 0 Å². The number of carbonyl (C=O) groups is 1. The first kappa shape index (κ1) is 21.7. The third-order valence-electron chi connectivity index (χ3n) is 6.34. The number of nitrogens with one attached hydrogen (secondary N) is 1. The molecule has 1 amide bonds. The second-order valence-electron chi connectivity index (χ2n) is 8.80. The minimum Gasteiger partial charge on any atom is -0.353 e. The number of H-pyrrole nitrogens is 1. The minimum absolute atomic E-state index is 0.129. The summed E-state index contributed by atoms with van der Waals surface area (Å²) in [4.78, 5) is 41.2. The number of amides is 1. The van der Waals surface area contributed by atoms with Crippen LogP contribution in [0.15, 0.2) is 53.5 Å². The number of pyridine rings is 1. The van der Waals surface area contributed by atoms with Crippen molar-refractivity contribution in [2.24, 2.45) is 0 Å². The molecule has 0 bridgehead atoms. The van der Waals surface area contributed by atoms with Crippen LogP contribution in [0.5, 0.6) is 0 Å². The highest BCUT2D eigenvalue weighted by Crippen LogP contribution is 2.27. The van der Waals surface area contributed by atoms with E-state index in [9.17, 15) is 9.59 Å². The summed E-state index contributed by atoms with van der Waals surface area (Å²) in [7, 11) is 0. The van der Waals surface area contributed by atoms with E-state index in [0.29, 0.717) is 30.2 Å². The molecule has 0 saturated carbocycles. The van der Waals surface area contributed by atoms with Crippen molar-refractivity contribution >= 4 is 11.7 Å².